The Hall–Kier alpha value is -1.58. The standard InChI is InChI=1S/C7H4FNO2/c8-4-2-1-3-5-6(4)11-7(10)9-5/h1-3H,(H,9,10). The highest BCUT2D eigenvalue weighted by Gasteiger charge is 2.04. The predicted molar refractivity (Wildman–Crippen MR) is 36.8 cm³/mol. The maximum Gasteiger partial charge on any atom is 0.417 e. The van der Waals surface area contributed by atoms with Crippen LogP contribution in [0.3, 0.4) is 0 Å². The first-order valence-corrected chi connectivity index (χ1v) is 3.05. The van der Waals surface area contributed by atoms with Crippen LogP contribution in [0.25, 0.3) is 11.1 Å². The maximum absolute atomic E-state index is 12.7. The van der Waals surface area contributed by atoms with E-state index < -0.39 is 11.6 Å². The van der Waals surface area contributed by atoms with Crippen LogP contribution >= 0.6 is 0 Å². The van der Waals surface area contributed by atoms with Crippen molar-refractivity contribution in [3.8, 4) is 0 Å². The highest BCUT2D eigenvalue weighted by atomic mass is 19.1. The zero-order chi connectivity index (χ0) is 7.84. The van der Waals surface area contributed by atoms with Gasteiger partial charge in [0.15, 0.2) is 11.4 Å². The Morgan fingerprint density at radius 2 is 2.27 bits per heavy atom. The molecule has 1 aromatic heterocycles. The van der Waals surface area contributed by atoms with E-state index in [2.05, 4.69) is 9.40 Å². The molecule has 1 aromatic carbocycles. The zero-order valence-electron chi connectivity index (χ0n) is 5.43. The van der Waals surface area contributed by atoms with Crippen molar-refractivity contribution in [2.45, 2.75) is 0 Å². The monoisotopic (exact) mass is 153 g/mol. The number of aromatic nitrogens is 1. The number of H-pyrrole nitrogens is 1. The number of nitrogens with one attached hydrogen (secondary N) is 1. The lowest BCUT2D eigenvalue weighted by Gasteiger charge is -1.85. The number of oxazole rings is 1. The fourth-order valence-corrected chi connectivity index (χ4v) is 0.939. The van der Waals surface area contributed by atoms with Gasteiger partial charge in [0.2, 0.25) is 0 Å². The molecule has 3 nitrogen and oxygen atoms in total. The van der Waals surface area contributed by atoms with Crippen molar-refractivity contribution in [1.29, 1.82) is 0 Å². The van der Waals surface area contributed by atoms with Crippen molar-refractivity contribution in [3.05, 3.63) is 34.6 Å². The number of fused-ring (bicyclic) bond motifs is 1. The van der Waals surface area contributed by atoms with Crippen molar-refractivity contribution in [3.63, 3.8) is 0 Å². The molecule has 0 amide bonds. The molecule has 0 aliphatic carbocycles. The smallest absolute Gasteiger partial charge is 0.405 e. The maximum atomic E-state index is 12.7. The highest BCUT2D eigenvalue weighted by Crippen LogP contribution is 2.12. The topological polar surface area (TPSA) is 46.0 Å². The second-order valence-electron chi connectivity index (χ2n) is 2.13. The van der Waals surface area contributed by atoms with Gasteiger partial charge in [0.1, 0.15) is 0 Å². The molecule has 0 aliphatic heterocycles. The summed E-state index contributed by atoms with van der Waals surface area (Å²) in [4.78, 5) is 12.9. The molecule has 1 heterocycles. The number of aromatic amines is 1. The van der Waals surface area contributed by atoms with E-state index in [9.17, 15) is 9.18 Å². The molecule has 0 aliphatic rings. The first-order valence-electron chi connectivity index (χ1n) is 3.05. The SMILES string of the molecule is O=c1[nH]c2cccc(F)c2o1. The van der Waals surface area contributed by atoms with E-state index in [4.69, 9.17) is 0 Å². The second kappa shape index (κ2) is 1.95. The predicted octanol–water partition coefficient (Wildman–Crippen LogP) is 1.26. The van der Waals surface area contributed by atoms with Gasteiger partial charge in [0, 0.05) is 0 Å². The van der Waals surface area contributed by atoms with E-state index in [0.717, 1.165) is 0 Å². The summed E-state index contributed by atoms with van der Waals surface area (Å²) in [7, 11) is 0. The fourth-order valence-electron chi connectivity index (χ4n) is 0.939. The second-order valence-corrected chi connectivity index (χ2v) is 2.13. The van der Waals surface area contributed by atoms with Gasteiger partial charge in [-0.05, 0) is 12.1 Å². The van der Waals surface area contributed by atoms with E-state index in [1.54, 1.807) is 6.07 Å². The van der Waals surface area contributed by atoms with E-state index in [1.165, 1.54) is 12.1 Å². The highest BCUT2D eigenvalue weighted by molar-refractivity contribution is 5.72. The quantitative estimate of drug-likeness (QED) is 0.619. The van der Waals surface area contributed by atoms with Gasteiger partial charge in [-0.1, -0.05) is 6.07 Å². The zero-order valence-corrected chi connectivity index (χ0v) is 5.43. The summed E-state index contributed by atoms with van der Waals surface area (Å²) in [6, 6.07) is 4.31. The molecule has 0 bridgehead atoms. The minimum atomic E-state index is -0.634. The number of benzene rings is 1. The lowest BCUT2D eigenvalue weighted by molar-refractivity contribution is 0.523. The summed E-state index contributed by atoms with van der Waals surface area (Å²) >= 11 is 0. The van der Waals surface area contributed by atoms with E-state index >= 15 is 0 Å². The van der Waals surface area contributed by atoms with Gasteiger partial charge in [0.05, 0.1) is 5.52 Å². The lowest BCUT2D eigenvalue weighted by Crippen LogP contribution is -1.92. The minimum Gasteiger partial charge on any atom is -0.405 e. The number of halogens is 1. The molecule has 0 unspecified atom stereocenters. The number of hydrogen-bond acceptors (Lipinski definition) is 2. The Morgan fingerprint density at radius 1 is 1.45 bits per heavy atom. The van der Waals surface area contributed by atoms with Crippen molar-refractivity contribution in [2.75, 3.05) is 0 Å². The van der Waals surface area contributed by atoms with Crippen LogP contribution in [0.15, 0.2) is 27.4 Å². The van der Waals surface area contributed by atoms with Crippen LogP contribution in [0, 0.1) is 5.82 Å². The summed E-state index contributed by atoms with van der Waals surface area (Å²) in [5.41, 5.74) is 0.368. The van der Waals surface area contributed by atoms with Crippen LogP contribution in [0.4, 0.5) is 4.39 Å². The molecule has 0 saturated heterocycles. The van der Waals surface area contributed by atoms with Gasteiger partial charge in [-0.2, -0.15) is 0 Å². The Bertz CT molecular complexity index is 443. The average molecular weight is 153 g/mol. The van der Waals surface area contributed by atoms with Crippen molar-refractivity contribution in [2.24, 2.45) is 0 Å². The molecule has 0 saturated carbocycles. The first kappa shape index (κ1) is 6.15. The summed E-state index contributed by atoms with van der Waals surface area (Å²) in [6.45, 7) is 0. The molecule has 56 valence electrons. The number of para-hydroxylation sites is 1. The Balaban J connectivity index is 3.01. The minimum absolute atomic E-state index is 0.0162. The Kier molecular flexibility index (Phi) is 1.09. The van der Waals surface area contributed by atoms with Gasteiger partial charge in [0.25, 0.3) is 0 Å². The molecular formula is C7H4FNO2. The molecule has 4 heteroatoms. The molecule has 0 atom stereocenters. The molecule has 0 fully saturated rings. The van der Waals surface area contributed by atoms with Crippen molar-refractivity contribution < 1.29 is 8.81 Å². The Labute approximate surface area is 60.5 Å². The van der Waals surface area contributed by atoms with Gasteiger partial charge in [-0.15, -0.1) is 0 Å². The number of hydrogen-bond donors (Lipinski definition) is 1. The van der Waals surface area contributed by atoms with Crippen LogP contribution < -0.4 is 5.76 Å². The third kappa shape index (κ3) is 0.832. The summed E-state index contributed by atoms with van der Waals surface area (Å²) in [5, 5.41) is 0. The van der Waals surface area contributed by atoms with Gasteiger partial charge in [-0.25, -0.2) is 9.18 Å². The van der Waals surface area contributed by atoms with E-state index in [0.29, 0.717) is 5.52 Å². The fraction of sp³-hybridized carbons (Fsp3) is 0. The third-order valence-electron chi connectivity index (χ3n) is 1.40. The summed E-state index contributed by atoms with van der Waals surface area (Å²) in [6.07, 6.45) is 0. The van der Waals surface area contributed by atoms with Gasteiger partial charge in [-0.3, -0.25) is 4.98 Å². The molecule has 2 aromatic rings. The summed E-state index contributed by atoms with van der Waals surface area (Å²) in [5.74, 6) is -1.16. The summed E-state index contributed by atoms with van der Waals surface area (Å²) < 4.78 is 17.3. The third-order valence-corrected chi connectivity index (χ3v) is 1.40. The van der Waals surface area contributed by atoms with Crippen molar-refractivity contribution in [1.82, 2.24) is 4.98 Å². The van der Waals surface area contributed by atoms with Crippen LogP contribution in [0.1, 0.15) is 0 Å². The van der Waals surface area contributed by atoms with E-state index in [1.807, 2.05) is 0 Å². The lowest BCUT2D eigenvalue weighted by atomic mass is 10.3. The van der Waals surface area contributed by atoms with Gasteiger partial charge < -0.3 is 4.42 Å². The number of rotatable bonds is 0. The molecular weight excluding hydrogens is 149 g/mol. The normalized spacial score (nSPS) is 10.6. The molecule has 0 spiro atoms. The largest absolute Gasteiger partial charge is 0.417 e. The van der Waals surface area contributed by atoms with Crippen LogP contribution in [0.2, 0.25) is 0 Å². The van der Waals surface area contributed by atoms with Gasteiger partial charge >= 0.3 is 5.76 Å². The van der Waals surface area contributed by atoms with Crippen molar-refractivity contribution >= 4 is 11.1 Å². The van der Waals surface area contributed by atoms with Crippen LogP contribution in [-0.4, -0.2) is 4.98 Å². The average Bonchev–Trinajstić information content (AvgIpc) is 2.31. The molecule has 11 heavy (non-hydrogen) atoms. The molecule has 1 N–H and O–H groups in total. The van der Waals surface area contributed by atoms with E-state index in [-0.39, 0.29) is 5.58 Å². The van der Waals surface area contributed by atoms with Crippen LogP contribution in [-0.2, 0) is 0 Å². The first-order chi connectivity index (χ1) is 5.27. The molecule has 2 rings (SSSR count). The molecule has 0 radical (unpaired) electrons. The van der Waals surface area contributed by atoms with Crippen LogP contribution in [0.5, 0.6) is 0 Å². The Morgan fingerprint density at radius 3 is 3.00 bits per heavy atom.